The Bertz CT molecular complexity index is 527. The minimum absolute atomic E-state index is 0.470. The van der Waals surface area contributed by atoms with Gasteiger partial charge in [-0.3, -0.25) is 4.98 Å². The number of benzene rings is 1. The molecule has 0 spiro atoms. The summed E-state index contributed by atoms with van der Waals surface area (Å²) in [4.78, 5) is 4.59. The Morgan fingerprint density at radius 2 is 1.71 bits per heavy atom. The second-order valence-corrected chi connectivity index (χ2v) is 4.89. The van der Waals surface area contributed by atoms with Gasteiger partial charge in [-0.1, -0.05) is 38.1 Å². The molecule has 2 aromatic rings. The molecule has 0 aliphatic heterocycles. The van der Waals surface area contributed by atoms with Crippen LogP contribution in [-0.4, -0.2) is 4.98 Å². The van der Waals surface area contributed by atoms with Crippen LogP contribution in [0.4, 0.5) is 0 Å². The van der Waals surface area contributed by atoms with Crippen molar-refractivity contribution in [3.05, 3.63) is 53.3 Å². The van der Waals surface area contributed by atoms with Crippen LogP contribution in [-0.2, 0) is 0 Å². The van der Waals surface area contributed by atoms with Gasteiger partial charge in [-0.05, 0) is 48.6 Å². The van der Waals surface area contributed by atoms with E-state index in [2.05, 4.69) is 69.1 Å². The topological polar surface area (TPSA) is 12.9 Å². The van der Waals surface area contributed by atoms with E-state index in [9.17, 15) is 0 Å². The highest BCUT2D eigenvalue weighted by Crippen LogP contribution is 2.26. The molecule has 0 saturated heterocycles. The molecule has 0 radical (unpaired) electrons. The first-order chi connectivity index (χ1) is 8.08. The Labute approximate surface area is 104 Å². The van der Waals surface area contributed by atoms with Crippen LogP contribution in [0.3, 0.4) is 0 Å². The summed E-state index contributed by atoms with van der Waals surface area (Å²) in [7, 11) is 0. The van der Waals surface area contributed by atoms with Crippen molar-refractivity contribution >= 4 is 0 Å². The molecule has 1 heterocycles. The Balaban J connectivity index is 2.56. The standard InChI is InChI=1S/C16H19N/c1-11(2)16-10-14(9-13(4)17-16)15-8-6-5-7-12(15)3/h5-11H,1-4H3. The fourth-order valence-corrected chi connectivity index (χ4v) is 2.04. The van der Waals surface area contributed by atoms with E-state index in [0.29, 0.717) is 5.92 Å². The summed E-state index contributed by atoms with van der Waals surface area (Å²) in [6.07, 6.45) is 0. The van der Waals surface area contributed by atoms with Crippen molar-refractivity contribution in [1.82, 2.24) is 4.98 Å². The Morgan fingerprint density at radius 3 is 2.35 bits per heavy atom. The molecule has 1 aromatic heterocycles. The molecule has 0 amide bonds. The van der Waals surface area contributed by atoms with Crippen LogP contribution in [0.25, 0.3) is 11.1 Å². The second-order valence-electron chi connectivity index (χ2n) is 4.89. The monoisotopic (exact) mass is 225 g/mol. The SMILES string of the molecule is Cc1cc(-c2ccccc2C)cc(C(C)C)n1. The highest BCUT2D eigenvalue weighted by atomic mass is 14.7. The summed E-state index contributed by atoms with van der Waals surface area (Å²) < 4.78 is 0. The quantitative estimate of drug-likeness (QED) is 0.734. The summed E-state index contributed by atoms with van der Waals surface area (Å²) >= 11 is 0. The molecule has 88 valence electrons. The van der Waals surface area contributed by atoms with Crippen molar-refractivity contribution in [2.75, 3.05) is 0 Å². The average Bonchev–Trinajstić information content (AvgIpc) is 2.28. The molecule has 0 unspecified atom stereocenters. The third-order valence-corrected chi connectivity index (χ3v) is 3.02. The molecule has 0 aliphatic rings. The van der Waals surface area contributed by atoms with Crippen molar-refractivity contribution in [3.8, 4) is 11.1 Å². The summed E-state index contributed by atoms with van der Waals surface area (Å²) in [5, 5.41) is 0. The Morgan fingerprint density at radius 1 is 1.00 bits per heavy atom. The highest BCUT2D eigenvalue weighted by molar-refractivity contribution is 5.67. The van der Waals surface area contributed by atoms with Crippen LogP contribution in [0.5, 0.6) is 0 Å². The third kappa shape index (κ3) is 2.55. The smallest absolute Gasteiger partial charge is 0.0438 e. The number of rotatable bonds is 2. The molecule has 0 fully saturated rings. The minimum Gasteiger partial charge on any atom is -0.258 e. The van der Waals surface area contributed by atoms with Gasteiger partial charge < -0.3 is 0 Å². The first-order valence-electron chi connectivity index (χ1n) is 6.12. The van der Waals surface area contributed by atoms with E-state index >= 15 is 0 Å². The number of aromatic nitrogens is 1. The van der Waals surface area contributed by atoms with E-state index in [-0.39, 0.29) is 0 Å². The fraction of sp³-hybridized carbons (Fsp3) is 0.312. The number of nitrogens with zero attached hydrogens (tertiary/aromatic N) is 1. The van der Waals surface area contributed by atoms with Gasteiger partial charge >= 0.3 is 0 Å². The highest BCUT2D eigenvalue weighted by Gasteiger charge is 2.07. The predicted molar refractivity (Wildman–Crippen MR) is 73.2 cm³/mol. The maximum atomic E-state index is 4.59. The summed E-state index contributed by atoms with van der Waals surface area (Å²) in [5.74, 6) is 0.470. The molecule has 1 aromatic carbocycles. The first-order valence-corrected chi connectivity index (χ1v) is 6.12. The van der Waals surface area contributed by atoms with Crippen LogP contribution < -0.4 is 0 Å². The zero-order valence-electron chi connectivity index (χ0n) is 11.0. The van der Waals surface area contributed by atoms with Gasteiger partial charge in [0.05, 0.1) is 0 Å². The van der Waals surface area contributed by atoms with Crippen LogP contribution in [0, 0.1) is 13.8 Å². The fourth-order valence-electron chi connectivity index (χ4n) is 2.04. The Kier molecular flexibility index (Phi) is 3.28. The van der Waals surface area contributed by atoms with Crippen molar-refractivity contribution < 1.29 is 0 Å². The van der Waals surface area contributed by atoms with Crippen molar-refractivity contribution in [2.24, 2.45) is 0 Å². The first kappa shape index (κ1) is 11.8. The van der Waals surface area contributed by atoms with E-state index in [1.54, 1.807) is 0 Å². The van der Waals surface area contributed by atoms with E-state index in [1.807, 2.05) is 0 Å². The predicted octanol–water partition coefficient (Wildman–Crippen LogP) is 4.49. The molecule has 0 saturated carbocycles. The van der Waals surface area contributed by atoms with Gasteiger partial charge in [0.15, 0.2) is 0 Å². The van der Waals surface area contributed by atoms with Gasteiger partial charge in [0, 0.05) is 11.4 Å². The van der Waals surface area contributed by atoms with Crippen LogP contribution in [0.2, 0.25) is 0 Å². The van der Waals surface area contributed by atoms with Gasteiger partial charge in [-0.25, -0.2) is 0 Å². The summed E-state index contributed by atoms with van der Waals surface area (Å²) in [6.45, 7) is 8.58. The van der Waals surface area contributed by atoms with Gasteiger partial charge in [0.1, 0.15) is 0 Å². The lowest BCUT2D eigenvalue weighted by atomic mass is 9.98. The van der Waals surface area contributed by atoms with Crippen molar-refractivity contribution in [1.29, 1.82) is 0 Å². The number of hydrogen-bond acceptors (Lipinski definition) is 1. The van der Waals surface area contributed by atoms with Gasteiger partial charge in [0.2, 0.25) is 0 Å². The lowest BCUT2D eigenvalue weighted by Crippen LogP contribution is -1.96. The van der Waals surface area contributed by atoms with E-state index in [0.717, 1.165) is 5.69 Å². The van der Waals surface area contributed by atoms with Gasteiger partial charge in [0.25, 0.3) is 0 Å². The lowest BCUT2D eigenvalue weighted by Gasteiger charge is -2.11. The van der Waals surface area contributed by atoms with Gasteiger partial charge in [-0.2, -0.15) is 0 Å². The normalized spacial score (nSPS) is 10.9. The largest absolute Gasteiger partial charge is 0.258 e. The molecular formula is C16H19N. The van der Waals surface area contributed by atoms with E-state index in [4.69, 9.17) is 0 Å². The number of pyridine rings is 1. The Hall–Kier alpha value is -1.63. The maximum absolute atomic E-state index is 4.59. The molecule has 2 rings (SSSR count). The van der Waals surface area contributed by atoms with Gasteiger partial charge in [-0.15, -0.1) is 0 Å². The lowest BCUT2D eigenvalue weighted by molar-refractivity contribution is 0.816. The molecule has 1 nitrogen and oxygen atoms in total. The molecule has 0 atom stereocenters. The molecule has 17 heavy (non-hydrogen) atoms. The molecule has 0 N–H and O–H groups in total. The molecular weight excluding hydrogens is 206 g/mol. The molecule has 1 heteroatoms. The minimum atomic E-state index is 0.470. The zero-order chi connectivity index (χ0) is 12.4. The van der Waals surface area contributed by atoms with Crippen molar-refractivity contribution in [3.63, 3.8) is 0 Å². The second kappa shape index (κ2) is 4.70. The summed E-state index contributed by atoms with van der Waals surface area (Å²) in [6, 6.07) is 12.9. The third-order valence-electron chi connectivity index (χ3n) is 3.02. The number of hydrogen-bond donors (Lipinski definition) is 0. The average molecular weight is 225 g/mol. The van der Waals surface area contributed by atoms with Crippen LogP contribution >= 0.6 is 0 Å². The van der Waals surface area contributed by atoms with E-state index < -0.39 is 0 Å². The van der Waals surface area contributed by atoms with Crippen molar-refractivity contribution in [2.45, 2.75) is 33.6 Å². The van der Waals surface area contributed by atoms with Crippen LogP contribution in [0.15, 0.2) is 36.4 Å². The number of aryl methyl sites for hydroxylation is 2. The maximum Gasteiger partial charge on any atom is 0.0438 e. The van der Waals surface area contributed by atoms with Crippen LogP contribution in [0.1, 0.15) is 36.7 Å². The molecule has 0 aliphatic carbocycles. The zero-order valence-corrected chi connectivity index (χ0v) is 11.0. The summed E-state index contributed by atoms with van der Waals surface area (Å²) in [5.41, 5.74) is 6.16. The molecule has 0 bridgehead atoms. The van der Waals surface area contributed by atoms with E-state index in [1.165, 1.54) is 22.4 Å².